The van der Waals surface area contributed by atoms with Crippen LogP contribution in [-0.2, 0) is 6.42 Å². The van der Waals surface area contributed by atoms with Crippen LogP contribution in [0, 0.1) is 5.82 Å². The molecule has 1 aromatic rings. The summed E-state index contributed by atoms with van der Waals surface area (Å²) in [6.07, 6.45) is 0.741. The van der Waals surface area contributed by atoms with E-state index in [1.807, 2.05) is 12.1 Å². The Morgan fingerprint density at radius 3 is 2.50 bits per heavy atom. The average Bonchev–Trinajstić information content (AvgIpc) is 2.37. The third kappa shape index (κ3) is 5.15. The second-order valence-corrected chi connectivity index (χ2v) is 4.68. The predicted octanol–water partition coefficient (Wildman–Crippen LogP) is 2.69. The van der Waals surface area contributed by atoms with Crippen molar-refractivity contribution in [3.63, 3.8) is 0 Å². The number of nitrogens with zero attached hydrogens (tertiary/aromatic N) is 1. The van der Waals surface area contributed by atoms with E-state index in [2.05, 4.69) is 31.0 Å². The molecule has 0 aromatic heterocycles. The van der Waals surface area contributed by atoms with Gasteiger partial charge in [0.15, 0.2) is 0 Å². The van der Waals surface area contributed by atoms with Crippen LogP contribution in [0.1, 0.15) is 26.3 Å². The van der Waals surface area contributed by atoms with Gasteiger partial charge in [-0.05, 0) is 38.1 Å². The Balaban J connectivity index is 2.30. The zero-order valence-electron chi connectivity index (χ0n) is 11.7. The molecule has 1 atom stereocenters. The van der Waals surface area contributed by atoms with Crippen LogP contribution >= 0.6 is 0 Å². The van der Waals surface area contributed by atoms with E-state index in [4.69, 9.17) is 0 Å². The Morgan fingerprint density at radius 2 is 1.89 bits per heavy atom. The molecule has 0 heterocycles. The van der Waals surface area contributed by atoms with Crippen LogP contribution in [0.4, 0.5) is 4.39 Å². The number of benzene rings is 1. The second kappa shape index (κ2) is 8.22. The van der Waals surface area contributed by atoms with Gasteiger partial charge in [-0.3, -0.25) is 0 Å². The first-order valence-electron chi connectivity index (χ1n) is 6.86. The first kappa shape index (κ1) is 15.1. The van der Waals surface area contributed by atoms with Crippen molar-refractivity contribution in [3.8, 4) is 0 Å². The highest BCUT2D eigenvalue weighted by molar-refractivity contribution is 5.18. The van der Waals surface area contributed by atoms with Gasteiger partial charge in [0, 0.05) is 19.1 Å². The lowest BCUT2D eigenvalue weighted by molar-refractivity contribution is 0.297. The maximum Gasteiger partial charge on any atom is 0.126 e. The Hall–Kier alpha value is -0.930. The van der Waals surface area contributed by atoms with Crippen LogP contribution in [-0.4, -0.2) is 37.1 Å². The molecule has 1 N–H and O–H groups in total. The average molecular weight is 252 g/mol. The van der Waals surface area contributed by atoms with Crippen molar-refractivity contribution in [2.24, 2.45) is 0 Å². The van der Waals surface area contributed by atoms with E-state index in [0.717, 1.165) is 38.2 Å². The summed E-state index contributed by atoms with van der Waals surface area (Å²) in [4.78, 5) is 2.38. The molecule has 0 saturated heterocycles. The Labute approximate surface area is 110 Å². The number of nitrogens with one attached hydrogen (secondary N) is 1. The standard InChI is InChI=1S/C15H25FN2/c1-4-18(5-2)11-10-17-13(3)12-14-8-6-7-9-15(14)16/h6-9,13,17H,4-5,10-12H2,1-3H3. The maximum absolute atomic E-state index is 13.5. The van der Waals surface area contributed by atoms with Gasteiger partial charge >= 0.3 is 0 Å². The molecular weight excluding hydrogens is 227 g/mol. The minimum Gasteiger partial charge on any atom is -0.313 e. The van der Waals surface area contributed by atoms with Gasteiger partial charge in [0.25, 0.3) is 0 Å². The Kier molecular flexibility index (Phi) is 6.91. The van der Waals surface area contributed by atoms with Gasteiger partial charge in [-0.2, -0.15) is 0 Å². The summed E-state index contributed by atoms with van der Waals surface area (Å²) in [6.45, 7) is 10.6. The third-order valence-electron chi connectivity index (χ3n) is 3.30. The maximum atomic E-state index is 13.5. The van der Waals surface area contributed by atoms with Crippen molar-refractivity contribution in [1.82, 2.24) is 10.2 Å². The minimum absolute atomic E-state index is 0.102. The van der Waals surface area contributed by atoms with Gasteiger partial charge in [-0.1, -0.05) is 32.0 Å². The van der Waals surface area contributed by atoms with Gasteiger partial charge in [0.05, 0.1) is 0 Å². The minimum atomic E-state index is -0.102. The summed E-state index contributed by atoms with van der Waals surface area (Å²) in [5, 5.41) is 3.45. The van der Waals surface area contributed by atoms with Gasteiger partial charge in [0.1, 0.15) is 5.82 Å². The Bertz CT molecular complexity index is 337. The van der Waals surface area contributed by atoms with Gasteiger partial charge < -0.3 is 10.2 Å². The van der Waals surface area contributed by atoms with E-state index in [0.29, 0.717) is 6.04 Å². The molecule has 102 valence electrons. The molecule has 1 aromatic carbocycles. The fourth-order valence-electron chi connectivity index (χ4n) is 2.07. The summed E-state index contributed by atoms with van der Waals surface area (Å²) in [5.41, 5.74) is 0.792. The largest absolute Gasteiger partial charge is 0.313 e. The molecule has 3 heteroatoms. The monoisotopic (exact) mass is 252 g/mol. The van der Waals surface area contributed by atoms with Crippen molar-refractivity contribution in [2.45, 2.75) is 33.2 Å². The van der Waals surface area contributed by atoms with Crippen molar-refractivity contribution >= 4 is 0 Å². The van der Waals surface area contributed by atoms with E-state index in [-0.39, 0.29) is 5.82 Å². The summed E-state index contributed by atoms with van der Waals surface area (Å²) >= 11 is 0. The lowest BCUT2D eigenvalue weighted by Gasteiger charge is -2.20. The first-order valence-corrected chi connectivity index (χ1v) is 6.86. The SMILES string of the molecule is CCN(CC)CCNC(C)Cc1ccccc1F. The molecule has 18 heavy (non-hydrogen) atoms. The van der Waals surface area contributed by atoms with Crippen molar-refractivity contribution in [1.29, 1.82) is 0 Å². The lowest BCUT2D eigenvalue weighted by atomic mass is 10.1. The highest BCUT2D eigenvalue weighted by Crippen LogP contribution is 2.08. The topological polar surface area (TPSA) is 15.3 Å². The molecule has 0 aliphatic heterocycles. The van der Waals surface area contributed by atoms with Gasteiger partial charge in [-0.25, -0.2) is 4.39 Å². The highest BCUT2D eigenvalue weighted by atomic mass is 19.1. The molecule has 0 radical (unpaired) electrons. The van der Waals surface area contributed by atoms with Crippen LogP contribution in [0.2, 0.25) is 0 Å². The quantitative estimate of drug-likeness (QED) is 0.765. The van der Waals surface area contributed by atoms with E-state index < -0.39 is 0 Å². The zero-order valence-corrected chi connectivity index (χ0v) is 11.7. The molecule has 2 nitrogen and oxygen atoms in total. The van der Waals surface area contributed by atoms with Crippen molar-refractivity contribution < 1.29 is 4.39 Å². The molecule has 0 aliphatic carbocycles. The van der Waals surface area contributed by atoms with Crippen molar-refractivity contribution in [2.75, 3.05) is 26.2 Å². The normalized spacial score (nSPS) is 12.9. The molecule has 0 aliphatic rings. The first-order chi connectivity index (χ1) is 8.67. The van der Waals surface area contributed by atoms with Gasteiger partial charge in [0.2, 0.25) is 0 Å². The van der Waals surface area contributed by atoms with Crippen LogP contribution < -0.4 is 5.32 Å². The molecule has 0 amide bonds. The van der Waals surface area contributed by atoms with Crippen LogP contribution in [0.3, 0.4) is 0 Å². The fourth-order valence-corrected chi connectivity index (χ4v) is 2.07. The molecule has 0 saturated carbocycles. The lowest BCUT2D eigenvalue weighted by Crippen LogP contribution is -2.36. The summed E-state index contributed by atoms with van der Waals surface area (Å²) in [7, 11) is 0. The molecule has 1 rings (SSSR count). The number of halogens is 1. The van der Waals surface area contributed by atoms with E-state index >= 15 is 0 Å². The molecule has 0 fully saturated rings. The summed E-state index contributed by atoms with van der Waals surface area (Å²) in [6, 6.07) is 7.31. The van der Waals surface area contributed by atoms with E-state index in [9.17, 15) is 4.39 Å². The molecule has 1 unspecified atom stereocenters. The molecule has 0 bridgehead atoms. The molecular formula is C15H25FN2. The predicted molar refractivity (Wildman–Crippen MR) is 75.4 cm³/mol. The Morgan fingerprint density at radius 1 is 1.22 bits per heavy atom. The number of likely N-dealkylation sites (N-methyl/N-ethyl adjacent to an activating group) is 1. The summed E-state index contributed by atoms with van der Waals surface area (Å²) in [5.74, 6) is -0.102. The third-order valence-corrected chi connectivity index (χ3v) is 3.30. The highest BCUT2D eigenvalue weighted by Gasteiger charge is 2.07. The number of rotatable bonds is 8. The smallest absolute Gasteiger partial charge is 0.126 e. The zero-order chi connectivity index (χ0) is 13.4. The fraction of sp³-hybridized carbons (Fsp3) is 0.600. The summed E-state index contributed by atoms with van der Waals surface area (Å²) < 4.78 is 13.5. The van der Waals surface area contributed by atoms with Gasteiger partial charge in [-0.15, -0.1) is 0 Å². The van der Waals surface area contributed by atoms with Crippen LogP contribution in [0.25, 0.3) is 0 Å². The number of hydrogen-bond donors (Lipinski definition) is 1. The van der Waals surface area contributed by atoms with E-state index in [1.54, 1.807) is 6.07 Å². The van der Waals surface area contributed by atoms with Crippen molar-refractivity contribution in [3.05, 3.63) is 35.6 Å². The van der Waals surface area contributed by atoms with Crippen LogP contribution in [0.15, 0.2) is 24.3 Å². The van der Waals surface area contributed by atoms with Crippen LogP contribution in [0.5, 0.6) is 0 Å². The molecule has 0 spiro atoms. The van der Waals surface area contributed by atoms with E-state index in [1.165, 1.54) is 6.07 Å². The number of hydrogen-bond acceptors (Lipinski definition) is 2. The second-order valence-electron chi connectivity index (χ2n) is 4.68.